The number of H-pyrrole nitrogens is 1. The van der Waals surface area contributed by atoms with E-state index in [4.69, 9.17) is 5.73 Å². The number of nitrogen functional groups attached to an aromatic ring is 1. The lowest BCUT2D eigenvalue weighted by Gasteiger charge is -2.26. The van der Waals surface area contributed by atoms with Crippen LogP contribution < -0.4 is 5.73 Å². The van der Waals surface area contributed by atoms with Crippen LogP contribution in [-0.4, -0.2) is 74.8 Å². The monoisotopic (exact) mass is 529 g/mol. The van der Waals surface area contributed by atoms with Gasteiger partial charge < -0.3 is 10.7 Å². The van der Waals surface area contributed by atoms with E-state index < -0.39 is 21.8 Å². The van der Waals surface area contributed by atoms with Crippen molar-refractivity contribution < 1.29 is 18.0 Å². The number of imidazole rings is 1. The van der Waals surface area contributed by atoms with Gasteiger partial charge in [-0.15, -0.1) is 0 Å². The van der Waals surface area contributed by atoms with Crippen LogP contribution in [0, 0.1) is 0 Å². The van der Waals surface area contributed by atoms with E-state index in [9.17, 15) is 18.0 Å². The van der Waals surface area contributed by atoms with Crippen molar-refractivity contribution in [3.8, 4) is 11.5 Å². The van der Waals surface area contributed by atoms with Gasteiger partial charge in [0.05, 0.1) is 39.8 Å². The number of hydrogen-bond donors (Lipinski definition) is 2. The molecule has 38 heavy (non-hydrogen) atoms. The fraction of sp³-hybridized carbons (Fsp3) is 0.192. The van der Waals surface area contributed by atoms with E-state index in [1.807, 2.05) is 24.3 Å². The predicted octanol–water partition coefficient (Wildman–Crippen LogP) is 2.32. The topological polar surface area (TPSA) is 155 Å². The Morgan fingerprint density at radius 2 is 1.68 bits per heavy atom. The highest BCUT2D eigenvalue weighted by Crippen LogP contribution is 2.28. The standard InChI is InChI=1S/C26H23N7O4S/c27-23-22(24-30-19-7-3-4-8-20(19)31-24)29-21(15-28-23)16-9-11-32(12-10-16)38(36,37)14-13-33-25(34)17-5-1-2-6-18(17)26(33)35/h1-9,15H,10-14H2,(H2,27,28)(H,30,31). The maximum Gasteiger partial charge on any atom is 0.261 e. The van der Waals surface area contributed by atoms with Crippen LogP contribution in [0.3, 0.4) is 0 Å². The van der Waals surface area contributed by atoms with E-state index in [0.29, 0.717) is 34.8 Å². The highest BCUT2D eigenvalue weighted by atomic mass is 32.2. The lowest BCUT2D eigenvalue weighted by molar-refractivity contribution is 0.0663. The zero-order chi connectivity index (χ0) is 26.4. The van der Waals surface area contributed by atoms with Crippen LogP contribution in [0.15, 0.2) is 60.8 Å². The number of nitrogens with one attached hydrogen (secondary N) is 1. The van der Waals surface area contributed by atoms with Crippen molar-refractivity contribution in [1.82, 2.24) is 29.1 Å². The Kier molecular flexibility index (Phi) is 5.77. The van der Waals surface area contributed by atoms with E-state index in [2.05, 4.69) is 19.9 Å². The van der Waals surface area contributed by atoms with E-state index in [1.54, 1.807) is 36.5 Å². The number of imide groups is 1. The summed E-state index contributed by atoms with van der Waals surface area (Å²) in [7, 11) is -3.71. The molecule has 0 bridgehead atoms. The minimum absolute atomic E-state index is 0.145. The first-order valence-electron chi connectivity index (χ1n) is 12.0. The molecule has 6 rings (SSSR count). The summed E-state index contributed by atoms with van der Waals surface area (Å²) in [6.45, 7) is 0.181. The zero-order valence-corrected chi connectivity index (χ0v) is 21.0. The number of aromatic amines is 1. The van der Waals surface area contributed by atoms with E-state index in [1.165, 1.54) is 4.31 Å². The number of nitrogens with zero attached hydrogens (tertiary/aromatic N) is 5. The first kappa shape index (κ1) is 23.9. The molecule has 0 spiro atoms. The summed E-state index contributed by atoms with van der Waals surface area (Å²) in [5.41, 5.74) is 10.2. The molecule has 0 aliphatic carbocycles. The molecule has 4 aromatic rings. The largest absolute Gasteiger partial charge is 0.382 e. The van der Waals surface area contributed by atoms with Gasteiger partial charge in [0.15, 0.2) is 11.6 Å². The number of rotatable bonds is 6. The molecule has 0 radical (unpaired) electrons. The van der Waals surface area contributed by atoms with Gasteiger partial charge in [-0.25, -0.2) is 23.4 Å². The molecule has 0 saturated carbocycles. The number of amides is 2. The van der Waals surface area contributed by atoms with Crippen molar-refractivity contribution in [3.05, 3.63) is 77.6 Å². The maximum absolute atomic E-state index is 13.0. The van der Waals surface area contributed by atoms with Crippen LogP contribution >= 0.6 is 0 Å². The number of anilines is 1. The number of aromatic nitrogens is 4. The lowest BCUT2D eigenvalue weighted by Crippen LogP contribution is -2.41. The molecule has 0 atom stereocenters. The van der Waals surface area contributed by atoms with E-state index >= 15 is 0 Å². The molecule has 4 heterocycles. The molecule has 0 unspecified atom stereocenters. The summed E-state index contributed by atoms with van der Waals surface area (Å²) in [5.74, 6) is -0.541. The van der Waals surface area contributed by atoms with Crippen LogP contribution in [0.5, 0.6) is 0 Å². The van der Waals surface area contributed by atoms with Crippen molar-refractivity contribution in [2.24, 2.45) is 0 Å². The number of nitrogens with two attached hydrogens (primary N) is 1. The Balaban J connectivity index is 1.16. The van der Waals surface area contributed by atoms with E-state index in [-0.39, 0.29) is 31.2 Å². The average Bonchev–Trinajstić information content (AvgIpc) is 3.47. The summed E-state index contributed by atoms with van der Waals surface area (Å²) in [5, 5.41) is 0. The van der Waals surface area contributed by atoms with Gasteiger partial charge in [-0.1, -0.05) is 30.3 Å². The Bertz CT molecular complexity index is 1680. The molecule has 0 saturated heterocycles. The Morgan fingerprint density at radius 1 is 0.974 bits per heavy atom. The van der Waals surface area contributed by atoms with Gasteiger partial charge in [0, 0.05) is 19.6 Å². The summed E-state index contributed by atoms with van der Waals surface area (Å²) < 4.78 is 27.4. The Labute approximate surface area is 218 Å². The molecule has 3 N–H and O–H groups in total. The molecule has 2 amide bonds. The Hall–Kier alpha value is -4.42. The molecule has 2 aliphatic rings. The molecule has 2 aromatic carbocycles. The molecular formula is C26H23N7O4S. The molecular weight excluding hydrogens is 506 g/mol. The molecule has 0 fully saturated rings. The number of sulfonamides is 1. The van der Waals surface area contributed by atoms with Gasteiger partial charge in [-0.3, -0.25) is 14.5 Å². The molecule has 12 heteroatoms. The number of benzene rings is 2. The van der Waals surface area contributed by atoms with Crippen molar-refractivity contribution in [2.75, 3.05) is 31.1 Å². The van der Waals surface area contributed by atoms with Crippen LogP contribution in [0.2, 0.25) is 0 Å². The number of para-hydroxylation sites is 2. The lowest BCUT2D eigenvalue weighted by atomic mass is 10.1. The predicted molar refractivity (Wildman–Crippen MR) is 141 cm³/mol. The zero-order valence-electron chi connectivity index (χ0n) is 20.2. The SMILES string of the molecule is Nc1ncc(C2=CCN(S(=O)(=O)CCN3C(=O)c4ccccc4C3=O)CC2)nc1-c1nc2ccccc2[nH]1. The minimum atomic E-state index is -3.71. The second-order valence-electron chi connectivity index (χ2n) is 9.05. The smallest absolute Gasteiger partial charge is 0.261 e. The van der Waals surface area contributed by atoms with Crippen LogP contribution in [0.25, 0.3) is 28.1 Å². The summed E-state index contributed by atoms with van der Waals surface area (Å²) in [4.78, 5) is 42.8. The fourth-order valence-electron chi connectivity index (χ4n) is 4.71. The minimum Gasteiger partial charge on any atom is -0.382 e. The second kappa shape index (κ2) is 9.15. The van der Waals surface area contributed by atoms with Crippen LogP contribution in [-0.2, 0) is 10.0 Å². The number of hydrogen-bond acceptors (Lipinski definition) is 8. The van der Waals surface area contributed by atoms with E-state index in [0.717, 1.165) is 21.5 Å². The van der Waals surface area contributed by atoms with Gasteiger partial charge in [0.2, 0.25) is 10.0 Å². The third-order valence-corrected chi connectivity index (χ3v) is 8.58. The van der Waals surface area contributed by atoms with Crippen molar-refractivity contribution in [2.45, 2.75) is 6.42 Å². The van der Waals surface area contributed by atoms with Crippen molar-refractivity contribution in [3.63, 3.8) is 0 Å². The first-order valence-corrected chi connectivity index (χ1v) is 13.6. The second-order valence-corrected chi connectivity index (χ2v) is 11.1. The Morgan fingerprint density at radius 3 is 2.37 bits per heavy atom. The molecule has 11 nitrogen and oxygen atoms in total. The summed E-state index contributed by atoms with van der Waals surface area (Å²) in [6, 6.07) is 14.1. The third-order valence-electron chi connectivity index (χ3n) is 6.76. The van der Waals surface area contributed by atoms with Crippen molar-refractivity contribution in [1.29, 1.82) is 0 Å². The van der Waals surface area contributed by atoms with Gasteiger partial charge >= 0.3 is 0 Å². The maximum atomic E-state index is 13.0. The van der Waals surface area contributed by atoms with Crippen LogP contribution in [0.4, 0.5) is 5.82 Å². The van der Waals surface area contributed by atoms with Gasteiger partial charge in [0.1, 0.15) is 5.69 Å². The highest BCUT2D eigenvalue weighted by molar-refractivity contribution is 7.89. The summed E-state index contributed by atoms with van der Waals surface area (Å²) >= 11 is 0. The normalized spacial score (nSPS) is 16.2. The summed E-state index contributed by atoms with van der Waals surface area (Å²) in [6.07, 6.45) is 3.79. The first-order chi connectivity index (χ1) is 18.3. The van der Waals surface area contributed by atoms with Gasteiger partial charge in [0.25, 0.3) is 11.8 Å². The van der Waals surface area contributed by atoms with Gasteiger partial charge in [-0.05, 0) is 36.3 Å². The molecule has 192 valence electrons. The average molecular weight is 530 g/mol. The van der Waals surface area contributed by atoms with Gasteiger partial charge in [-0.2, -0.15) is 4.31 Å². The number of carbonyl (C=O) groups excluding carboxylic acids is 2. The van der Waals surface area contributed by atoms with Crippen molar-refractivity contribution >= 4 is 44.3 Å². The molecule has 2 aromatic heterocycles. The number of fused-ring (bicyclic) bond motifs is 2. The quantitative estimate of drug-likeness (QED) is 0.361. The third kappa shape index (κ3) is 4.13. The molecule has 2 aliphatic heterocycles. The highest BCUT2D eigenvalue weighted by Gasteiger charge is 2.36. The number of carbonyl (C=O) groups is 2. The van der Waals surface area contributed by atoms with Crippen LogP contribution in [0.1, 0.15) is 32.8 Å². The fourth-order valence-corrected chi connectivity index (χ4v) is 6.05.